The lowest BCUT2D eigenvalue weighted by molar-refractivity contribution is 0.786. The lowest BCUT2D eigenvalue weighted by Gasteiger charge is -2.12. The number of nitrogens with one attached hydrogen (secondary N) is 2. The molecule has 0 aliphatic heterocycles. The Bertz CT molecular complexity index is 855. The zero-order valence-corrected chi connectivity index (χ0v) is 18.9. The van der Waals surface area contributed by atoms with Crippen molar-refractivity contribution in [1.82, 2.24) is 25.4 Å². The van der Waals surface area contributed by atoms with Gasteiger partial charge in [0.25, 0.3) is 0 Å². The Morgan fingerprint density at radius 1 is 1.22 bits per heavy atom. The molecule has 0 aliphatic carbocycles. The molecule has 0 saturated carbocycles. The monoisotopic (exact) mass is 496 g/mol. The molecule has 0 aromatic carbocycles. The number of guanidine groups is 1. The predicted molar refractivity (Wildman–Crippen MR) is 122 cm³/mol. The van der Waals surface area contributed by atoms with E-state index in [2.05, 4.69) is 49.3 Å². The lowest BCUT2D eigenvalue weighted by atomic mass is 10.3. The van der Waals surface area contributed by atoms with Crippen LogP contribution >= 0.6 is 35.3 Å². The highest BCUT2D eigenvalue weighted by Gasteiger charge is 2.05. The number of aryl methyl sites for hydroxylation is 2. The molecule has 144 valence electrons. The van der Waals surface area contributed by atoms with Crippen molar-refractivity contribution in [1.29, 1.82) is 0 Å². The van der Waals surface area contributed by atoms with Crippen LogP contribution in [0, 0.1) is 13.8 Å². The topological polar surface area (TPSA) is 67.1 Å². The second kappa shape index (κ2) is 10.4. The molecule has 0 radical (unpaired) electrons. The van der Waals surface area contributed by atoms with E-state index < -0.39 is 0 Å². The van der Waals surface area contributed by atoms with Gasteiger partial charge in [0.2, 0.25) is 0 Å². The first kappa shape index (κ1) is 21.4. The van der Waals surface area contributed by atoms with Crippen LogP contribution in [-0.2, 0) is 13.0 Å². The number of aliphatic imine (C=N–C) groups is 1. The van der Waals surface area contributed by atoms with E-state index in [1.54, 1.807) is 18.4 Å². The summed E-state index contributed by atoms with van der Waals surface area (Å²) < 4.78 is 1.86. The van der Waals surface area contributed by atoms with Gasteiger partial charge < -0.3 is 10.6 Å². The molecule has 0 saturated heterocycles. The van der Waals surface area contributed by atoms with Crippen molar-refractivity contribution < 1.29 is 0 Å². The third kappa shape index (κ3) is 6.03. The quantitative estimate of drug-likeness (QED) is 0.312. The summed E-state index contributed by atoms with van der Waals surface area (Å²) >= 11 is 1.78. The van der Waals surface area contributed by atoms with E-state index in [-0.39, 0.29) is 24.0 Å². The van der Waals surface area contributed by atoms with Crippen LogP contribution in [0.15, 0.2) is 46.9 Å². The van der Waals surface area contributed by atoms with E-state index in [1.165, 1.54) is 4.88 Å². The van der Waals surface area contributed by atoms with E-state index >= 15 is 0 Å². The van der Waals surface area contributed by atoms with Crippen LogP contribution in [-0.4, -0.2) is 34.3 Å². The van der Waals surface area contributed by atoms with E-state index in [1.807, 2.05) is 36.9 Å². The fraction of sp³-hybridized carbons (Fsp3) is 0.316. The molecule has 0 unspecified atom stereocenters. The molecule has 0 amide bonds. The molecule has 8 heteroatoms. The van der Waals surface area contributed by atoms with Gasteiger partial charge in [-0.2, -0.15) is 5.10 Å². The predicted octanol–water partition coefficient (Wildman–Crippen LogP) is 3.47. The van der Waals surface area contributed by atoms with Crippen molar-refractivity contribution in [3.63, 3.8) is 0 Å². The lowest BCUT2D eigenvalue weighted by Crippen LogP contribution is -2.37. The van der Waals surface area contributed by atoms with Gasteiger partial charge in [-0.1, -0.05) is 12.1 Å². The van der Waals surface area contributed by atoms with Crippen LogP contribution in [0.5, 0.6) is 0 Å². The number of nitrogens with zero attached hydrogens (tertiary/aromatic N) is 4. The Hall–Kier alpha value is -1.94. The minimum absolute atomic E-state index is 0. The van der Waals surface area contributed by atoms with Crippen molar-refractivity contribution in [2.75, 3.05) is 13.6 Å². The Labute approximate surface area is 181 Å². The summed E-state index contributed by atoms with van der Waals surface area (Å²) in [6.45, 7) is 5.54. The van der Waals surface area contributed by atoms with Gasteiger partial charge in [0, 0.05) is 36.9 Å². The zero-order chi connectivity index (χ0) is 18.4. The first-order chi connectivity index (χ1) is 12.7. The third-order valence-corrected chi connectivity index (χ3v) is 4.90. The standard InChI is InChI=1S/C19H24N6S.HI/c1-14-11-15(2)25(24-14)18-7-6-16(12-22-18)13-23-19(20-3)21-9-8-17-5-4-10-26-17;/h4-7,10-12H,8-9,13H2,1-3H3,(H2,20,21,23);1H. The SMILES string of the molecule is CN=C(NCCc1cccs1)NCc1ccc(-n2nc(C)cc2C)nc1.I. The molecule has 0 atom stereocenters. The smallest absolute Gasteiger partial charge is 0.191 e. The number of aromatic nitrogens is 3. The van der Waals surface area contributed by atoms with Crippen LogP contribution < -0.4 is 10.6 Å². The summed E-state index contributed by atoms with van der Waals surface area (Å²) in [6.07, 6.45) is 2.87. The van der Waals surface area contributed by atoms with E-state index in [4.69, 9.17) is 0 Å². The average Bonchev–Trinajstić information content (AvgIpc) is 3.27. The molecule has 2 N–H and O–H groups in total. The molecular formula is C19H25IN6S. The molecule has 0 aliphatic rings. The summed E-state index contributed by atoms with van der Waals surface area (Å²) in [6, 6.07) is 10.3. The number of hydrogen-bond donors (Lipinski definition) is 2. The maximum Gasteiger partial charge on any atom is 0.191 e. The fourth-order valence-electron chi connectivity index (χ4n) is 2.67. The molecular weight excluding hydrogens is 471 g/mol. The van der Waals surface area contributed by atoms with Gasteiger partial charge in [-0.25, -0.2) is 9.67 Å². The summed E-state index contributed by atoms with van der Waals surface area (Å²) in [5.74, 6) is 1.63. The molecule has 27 heavy (non-hydrogen) atoms. The van der Waals surface area contributed by atoms with E-state index in [9.17, 15) is 0 Å². The minimum Gasteiger partial charge on any atom is -0.356 e. The Morgan fingerprint density at radius 3 is 2.67 bits per heavy atom. The summed E-state index contributed by atoms with van der Waals surface area (Å²) in [5.41, 5.74) is 3.17. The molecule has 3 rings (SSSR count). The Morgan fingerprint density at radius 2 is 2.07 bits per heavy atom. The number of hydrogen-bond acceptors (Lipinski definition) is 4. The van der Waals surface area contributed by atoms with Crippen molar-refractivity contribution in [2.45, 2.75) is 26.8 Å². The first-order valence-electron chi connectivity index (χ1n) is 8.61. The summed E-state index contributed by atoms with van der Waals surface area (Å²) in [5, 5.41) is 13.2. The highest BCUT2D eigenvalue weighted by atomic mass is 127. The van der Waals surface area contributed by atoms with Crippen molar-refractivity contribution in [2.24, 2.45) is 4.99 Å². The molecule has 0 fully saturated rings. The molecule has 3 aromatic heterocycles. The fourth-order valence-corrected chi connectivity index (χ4v) is 3.38. The van der Waals surface area contributed by atoms with Gasteiger partial charge >= 0.3 is 0 Å². The second-order valence-electron chi connectivity index (χ2n) is 6.05. The van der Waals surface area contributed by atoms with E-state index in [0.717, 1.165) is 41.7 Å². The normalized spacial score (nSPS) is 11.1. The van der Waals surface area contributed by atoms with E-state index in [0.29, 0.717) is 6.54 Å². The largest absolute Gasteiger partial charge is 0.356 e. The van der Waals surface area contributed by atoms with Gasteiger partial charge in [0.1, 0.15) is 0 Å². The van der Waals surface area contributed by atoms with Crippen LogP contribution in [0.4, 0.5) is 0 Å². The van der Waals surface area contributed by atoms with Crippen LogP contribution in [0.25, 0.3) is 5.82 Å². The number of pyridine rings is 1. The third-order valence-electron chi connectivity index (χ3n) is 3.96. The minimum atomic E-state index is 0. The molecule has 3 heterocycles. The van der Waals surface area contributed by atoms with Crippen LogP contribution in [0.2, 0.25) is 0 Å². The molecule has 3 aromatic rings. The number of rotatable bonds is 6. The number of halogens is 1. The highest BCUT2D eigenvalue weighted by Crippen LogP contribution is 2.10. The maximum absolute atomic E-state index is 4.52. The van der Waals surface area contributed by atoms with Crippen molar-refractivity contribution >= 4 is 41.3 Å². The zero-order valence-electron chi connectivity index (χ0n) is 15.8. The molecule has 0 bridgehead atoms. The van der Waals surface area contributed by atoms with Crippen molar-refractivity contribution in [3.8, 4) is 5.82 Å². The van der Waals surface area contributed by atoms with Gasteiger partial charge in [-0.15, -0.1) is 35.3 Å². The Balaban J connectivity index is 0.00000261. The van der Waals surface area contributed by atoms with Crippen LogP contribution in [0.3, 0.4) is 0 Å². The van der Waals surface area contributed by atoms with Crippen molar-refractivity contribution in [3.05, 3.63) is 63.7 Å². The second-order valence-corrected chi connectivity index (χ2v) is 7.08. The van der Waals surface area contributed by atoms with Gasteiger partial charge in [0.05, 0.1) is 5.69 Å². The highest BCUT2D eigenvalue weighted by molar-refractivity contribution is 14.0. The van der Waals surface area contributed by atoms with Gasteiger partial charge in [0.15, 0.2) is 11.8 Å². The van der Waals surface area contributed by atoms with Crippen LogP contribution in [0.1, 0.15) is 21.8 Å². The van der Waals surface area contributed by atoms with Gasteiger partial charge in [-0.05, 0) is 49.4 Å². The summed E-state index contributed by atoms with van der Waals surface area (Å²) in [4.78, 5) is 10.2. The number of thiophene rings is 1. The maximum atomic E-state index is 4.52. The molecule has 6 nitrogen and oxygen atoms in total. The van der Waals surface area contributed by atoms with Gasteiger partial charge in [-0.3, -0.25) is 4.99 Å². The average molecular weight is 496 g/mol. The Kier molecular flexibility index (Phi) is 8.23. The summed E-state index contributed by atoms with van der Waals surface area (Å²) in [7, 11) is 1.78. The first-order valence-corrected chi connectivity index (χ1v) is 9.49. The molecule has 0 spiro atoms.